The van der Waals surface area contributed by atoms with Crippen LogP contribution in [0, 0.1) is 6.92 Å². The number of hydrogen-bond donors (Lipinski definition) is 1. The van der Waals surface area contributed by atoms with Gasteiger partial charge in [0, 0.05) is 24.6 Å². The Morgan fingerprint density at radius 3 is 3.00 bits per heavy atom. The van der Waals surface area contributed by atoms with Gasteiger partial charge in [-0.15, -0.1) is 11.3 Å². The Hall–Kier alpha value is -1.40. The summed E-state index contributed by atoms with van der Waals surface area (Å²) in [6, 6.07) is 9.78. The monoisotopic (exact) mass is 378 g/mol. The minimum absolute atomic E-state index is 0.0553. The zero-order valence-electron chi connectivity index (χ0n) is 14.3. The number of hydrogen-bond acceptors (Lipinski definition) is 4. The molecule has 0 radical (unpaired) electrons. The normalized spacial score (nSPS) is 17.2. The molecule has 0 saturated carbocycles. The average Bonchev–Trinajstić information content (AvgIpc) is 3.24. The number of aryl methyl sites for hydroxylation is 1. The van der Waals surface area contributed by atoms with Crippen LogP contribution in [-0.2, 0) is 16.1 Å². The molecule has 1 aliphatic heterocycles. The zero-order chi connectivity index (χ0) is 17.6. The molecule has 0 spiro atoms. The van der Waals surface area contributed by atoms with Crippen LogP contribution in [0.5, 0.6) is 0 Å². The number of anilines is 1. The zero-order valence-corrected chi connectivity index (χ0v) is 15.9. The van der Waals surface area contributed by atoms with E-state index in [2.05, 4.69) is 21.7 Å². The second-order valence-electron chi connectivity index (χ2n) is 6.42. The summed E-state index contributed by atoms with van der Waals surface area (Å²) in [5.74, 6) is -0.0553. The minimum Gasteiger partial charge on any atom is -0.377 e. The standard InChI is InChI=1S/C19H23ClN2O2S/c1-14-6-7-18(17(20)10-14)21-19(23)13-22(11-15-4-2-8-24-15)12-16-5-3-9-25-16/h3,5-7,9-10,15H,2,4,8,11-13H2,1H3,(H,21,23)/t15-/m1/s1. The second kappa shape index (κ2) is 8.81. The van der Waals surface area contributed by atoms with Gasteiger partial charge >= 0.3 is 0 Å². The van der Waals surface area contributed by atoms with Crippen LogP contribution in [0.25, 0.3) is 0 Å². The molecule has 1 saturated heterocycles. The number of rotatable bonds is 7. The predicted octanol–water partition coefficient (Wildman–Crippen LogP) is 4.33. The predicted molar refractivity (Wildman–Crippen MR) is 103 cm³/mol. The minimum atomic E-state index is -0.0553. The number of nitrogens with one attached hydrogen (secondary N) is 1. The summed E-state index contributed by atoms with van der Waals surface area (Å²) in [6.45, 7) is 4.64. The molecule has 1 fully saturated rings. The first-order valence-corrected chi connectivity index (χ1v) is 9.78. The summed E-state index contributed by atoms with van der Waals surface area (Å²) in [5.41, 5.74) is 1.73. The number of carbonyl (C=O) groups excluding carboxylic acids is 1. The fourth-order valence-corrected chi connectivity index (χ4v) is 4.03. The fraction of sp³-hybridized carbons (Fsp3) is 0.421. The number of amides is 1. The van der Waals surface area contributed by atoms with Crippen LogP contribution in [0.3, 0.4) is 0 Å². The molecule has 1 aromatic heterocycles. The van der Waals surface area contributed by atoms with Gasteiger partial charge in [0.15, 0.2) is 0 Å². The van der Waals surface area contributed by atoms with E-state index in [-0.39, 0.29) is 12.0 Å². The SMILES string of the molecule is Cc1ccc(NC(=O)CN(Cc2cccs2)C[C@H]2CCCO2)c(Cl)c1. The summed E-state index contributed by atoms with van der Waals surface area (Å²) in [4.78, 5) is 15.9. The number of halogens is 1. The number of thiophene rings is 1. The molecule has 1 aromatic carbocycles. The number of carbonyl (C=O) groups is 1. The number of ether oxygens (including phenoxy) is 1. The topological polar surface area (TPSA) is 41.6 Å². The largest absolute Gasteiger partial charge is 0.377 e. The van der Waals surface area contributed by atoms with Crippen molar-refractivity contribution in [1.82, 2.24) is 4.90 Å². The van der Waals surface area contributed by atoms with Crippen LogP contribution in [0.2, 0.25) is 5.02 Å². The van der Waals surface area contributed by atoms with Gasteiger partial charge in [-0.1, -0.05) is 23.7 Å². The van der Waals surface area contributed by atoms with E-state index in [0.717, 1.165) is 38.1 Å². The van der Waals surface area contributed by atoms with Crippen molar-refractivity contribution in [2.75, 3.05) is 25.0 Å². The van der Waals surface area contributed by atoms with Crippen molar-refractivity contribution in [1.29, 1.82) is 0 Å². The number of benzene rings is 1. The first kappa shape index (κ1) is 18.4. The molecule has 4 nitrogen and oxygen atoms in total. The summed E-state index contributed by atoms with van der Waals surface area (Å²) in [7, 11) is 0. The molecule has 1 aliphatic rings. The lowest BCUT2D eigenvalue weighted by atomic mass is 10.2. The molecule has 134 valence electrons. The van der Waals surface area contributed by atoms with Crippen molar-refractivity contribution in [2.24, 2.45) is 0 Å². The van der Waals surface area contributed by atoms with Crippen molar-refractivity contribution in [2.45, 2.75) is 32.4 Å². The van der Waals surface area contributed by atoms with Crippen molar-refractivity contribution < 1.29 is 9.53 Å². The average molecular weight is 379 g/mol. The van der Waals surface area contributed by atoms with E-state index in [9.17, 15) is 4.79 Å². The molecular formula is C19H23ClN2O2S. The first-order chi connectivity index (χ1) is 12.1. The van der Waals surface area contributed by atoms with E-state index in [1.54, 1.807) is 11.3 Å². The van der Waals surface area contributed by atoms with E-state index in [1.807, 2.05) is 31.2 Å². The van der Waals surface area contributed by atoms with E-state index in [1.165, 1.54) is 4.88 Å². The summed E-state index contributed by atoms with van der Waals surface area (Å²) >= 11 is 7.93. The van der Waals surface area contributed by atoms with E-state index >= 15 is 0 Å². The summed E-state index contributed by atoms with van der Waals surface area (Å²) < 4.78 is 5.74. The number of nitrogens with zero attached hydrogens (tertiary/aromatic N) is 1. The van der Waals surface area contributed by atoms with Crippen LogP contribution in [0.1, 0.15) is 23.3 Å². The molecule has 25 heavy (non-hydrogen) atoms. The highest BCUT2D eigenvalue weighted by atomic mass is 35.5. The molecule has 0 aliphatic carbocycles. The van der Waals surface area contributed by atoms with Crippen LogP contribution >= 0.6 is 22.9 Å². The molecule has 0 unspecified atom stereocenters. The van der Waals surface area contributed by atoms with E-state index in [0.29, 0.717) is 17.3 Å². The first-order valence-electron chi connectivity index (χ1n) is 8.52. The van der Waals surface area contributed by atoms with Gasteiger partial charge in [-0.05, 0) is 48.9 Å². The summed E-state index contributed by atoms with van der Waals surface area (Å²) in [5, 5.41) is 5.55. The molecule has 0 bridgehead atoms. The molecule has 2 aromatic rings. The maximum atomic E-state index is 12.5. The van der Waals surface area contributed by atoms with Gasteiger partial charge in [0.25, 0.3) is 0 Å². The van der Waals surface area contributed by atoms with Crippen molar-refractivity contribution in [3.63, 3.8) is 0 Å². The molecule has 6 heteroatoms. The van der Waals surface area contributed by atoms with Gasteiger partial charge in [-0.2, -0.15) is 0 Å². The van der Waals surface area contributed by atoms with Gasteiger partial charge in [0.1, 0.15) is 0 Å². The highest BCUT2D eigenvalue weighted by Gasteiger charge is 2.21. The van der Waals surface area contributed by atoms with Crippen LogP contribution in [0.4, 0.5) is 5.69 Å². The van der Waals surface area contributed by atoms with Crippen LogP contribution in [-0.4, -0.2) is 36.6 Å². The van der Waals surface area contributed by atoms with Crippen LogP contribution < -0.4 is 5.32 Å². The fourth-order valence-electron chi connectivity index (χ4n) is 3.00. The quantitative estimate of drug-likeness (QED) is 0.779. The third-order valence-corrected chi connectivity index (χ3v) is 5.39. The molecule has 1 N–H and O–H groups in total. The molecule has 1 atom stereocenters. The van der Waals surface area contributed by atoms with E-state index in [4.69, 9.17) is 16.3 Å². The van der Waals surface area contributed by atoms with Crippen molar-refractivity contribution in [3.8, 4) is 0 Å². The van der Waals surface area contributed by atoms with Crippen molar-refractivity contribution in [3.05, 3.63) is 51.2 Å². The smallest absolute Gasteiger partial charge is 0.238 e. The maximum Gasteiger partial charge on any atom is 0.238 e. The molecule has 1 amide bonds. The van der Waals surface area contributed by atoms with E-state index < -0.39 is 0 Å². The van der Waals surface area contributed by atoms with Gasteiger partial charge < -0.3 is 10.1 Å². The van der Waals surface area contributed by atoms with Gasteiger partial charge in [-0.3, -0.25) is 9.69 Å². The maximum absolute atomic E-state index is 12.5. The molecule has 3 rings (SSSR count). The van der Waals surface area contributed by atoms with Gasteiger partial charge in [-0.25, -0.2) is 0 Å². The lowest BCUT2D eigenvalue weighted by Crippen LogP contribution is -2.37. The highest BCUT2D eigenvalue weighted by Crippen LogP contribution is 2.23. The Morgan fingerprint density at radius 1 is 1.44 bits per heavy atom. The van der Waals surface area contributed by atoms with Crippen LogP contribution in [0.15, 0.2) is 35.7 Å². The third-order valence-electron chi connectivity index (χ3n) is 4.21. The Morgan fingerprint density at radius 2 is 2.32 bits per heavy atom. The van der Waals surface area contributed by atoms with Gasteiger partial charge in [0.2, 0.25) is 5.91 Å². The lowest BCUT2D eigenvalue weighted by Gasteiger charge is -2.24. The second-order valence-corrected chi connectivity index (χ2v) is 7.85. The Kier molecular flexibility index (Phi) is 6.48. The third kappa shape index (κ3) is 5.54. The van der Waals surface area contributed by atoms with Crippen molar-refractivity contribution >= 4 is 34.5 Å². The molecular weight excluding hydrogens is 356 g/mol. The highest BCUT2D eigenvalue weighted by molar-refractivity contribution is 7.09. The Balaban J connectivity index is 1.62. The molecule has 2 heterocycles. The Labute approximate surface area is 157 Å². The Bertz CT molecular complexity index is 699. The van der Waals surface area contributed by atoms with Gasteiger partial charge in [0.05, 0.1) is 23.4 Å². The lowest BCUT2D eigenvalue weighted by molar-refractivity contribution is -0.117. The summed E-state index contributed by atoms with van der Waals surface area (Å²) in [6.07, 6.45) is 2.38.